The topological polar surface area (TPSA) is 26.3 Å². The van der Waals surface area contributed by atoms with Gasteiger partial charge in [0, 0.05) is 25.6 Å². The average molecular weight is 198 g/mol. The van der Waals surface area contributed by atoms with E-state index in [0.29, 0.717) is 5.78 Å². The van der Waals surface area contributed by atoms with Gasteiger partial charge in [-0.05, 0) is 24.7 Å². The quantitative estimate of drug-likeness (QED) is 0.697. The first kappa shape index (κ1) is 11.7. The molecule has 1 saturated heterocycles. The molecule has 0 radical (unpaired) electrons. The van der Waals surface area contributed by atoms with Gasteiger partial charge < -0.3 is 4.74 Å². The Kier molecular flexibility index (Phi) is 4.11. The number of ketones is 1. The second kappa shape index (κ2) is 4.92. The van der Waals surface area contributed by atoms with Crippen LogP contribution in [-0.4, -0.2) is 19.0 Å². The molecule has 0 saturated carbocycles. The average Bonchev–Trinajstić information content (AvgIpc) is 2.14. The number of rotatable bonds is 3. The van der Waals surface area contributed by atoms with E-state index in [0.717, 1.165) is 38.9 Å². The fourth-order valence-electron chi connectivity index (χ4n) is 1.72. The van der Waals surface area contributed by atoms with Crippen LogP contribution in [0.1, 0.15) is 46.5 Å². The van der Waals surface area contributed by atoms with Crippen LogP contribution >= 0.6 is 0 Å². The van der Waals surface area contributed by atoms with E-state index in [1.807, 2.05) is 0 Å². The zero-order valence-corrected chi connectivity index (χ0v) is 9.64. The normalized spacial score (nSPS) is 19.6. The fourth-order valence-corrected chi connectivity index (χ4v) is 1.72. The summed E-state index contributed by atoms with van der Waals surface area (Å²) < 4.78 is 5.24. The highest BCUT2D eigenvalue weighted by Crippen LogP contribution is 2.24. The van der Waals surface area contributed by atoms with Crippen LogP contribution < -0.4 is 0 Å². The third-order valence-corrected chi connectivity index (χ3v) is 2.80. The molecule has 0 bridgehead atoms. The lowest BCUT2D eigenvalue weighted by Crippen LogP contribution is -2.24. The predicted octanol–water partition coefficient (Wildman–Crippen LogP) is 2.81. The molecule has 2 heteroatoms. The van der Waals surface area contributed by atoms with Crippen LogP contribution in [0.25, 0.3) is 0 Å². The van der Waals surface area contributed by atoms with Crippen molar-refractivity contribution in [3.05, 3.63) is 0 Å². The molecule has 0 spiro atoms. The van der Waals surface area contributed by atoms with Crippen molar-refractivity contribution < 1.29 is 9.53 Å². The number of carbonyl (C=O) groups is 1. The van der Waals surface area contributed by atoms with Gasteiger partial charge in [-0.3, -0.25) is 4.79 Å². The first-order valence-corrected chi connectivity index (χ1v) is 5.59. The number of Topliss-reactive ketones (excluding diaryl/α,β-unsaturated/α-hetero) is 1. The molecular weight excluding hydrogens is 176 g/mol. The zero-order chi connectivity index (χ0) is 10.6. The van der Waals surface area contributed by atoms with Gasteiger partial charge in [-0.1, -0.05) is 20.8 Å². The van der Waals surface area contributed by atoms with Crippen LogP contribution in [0.15, 0.2) is 0 Å². The molecule has 82 valence electrons. The first-order chi connectivity index (χ1) is 6.49. The van der Waals surface area contributed by atoms with Crippen molar-refractivity contribution in [2.24, 2.45) is 11.3 Å². The summed E-state index contributed by atoms with van der Waals surface area (Å²) >= 11 is 0. The van der Waals surface area contributed by atoms with Gasteiger partial charge >= 0.3 is 0 Å². The second-order valence-corrected chi connectivity index (χ2v) is 5.41. The largest absolute Gasteiger partial charge is 0.381 e. The minimum Gasteiger partial charge on any atom is -0.381 e. The number of hydrogen-bond donors (Lipinski definition) is 0. The highest BCUT2D eigenvalue weighted by molar-refractivity contribution is 5.81. The molecule has 2 nitrogen and oxygen atoms in total. The fraction of sp³-hybridized carbons (Fsp3) is 0.917. The summed E-state index contributed by atoms with van der Waals surface area (Å²) in [6.07, 6.45) is 3.61. The summed E-state index contributed by atoms with van der Waals surface area (Å²) in [5.41, 5.74) is 0.279. The summed E-state index contributed by atoms with van der Waals surface area (Å²) in [6.45, 7) is 8.09. The maximum atomic E-state index is 11.8. The lowest BCUT2D eigenvalue weighted by Gasteiger charge is -2.23. The molecule has 14 heavy (non-hydrogen) atoms. The highest BCUT2D eigenvalue weighted by atomic mass is 16.5. The van der Waals surface area contributed by atoms with Gasteiger partial charge in [-0.25, -0.2) is 0 Å². The van der Waals surface area contributed by atoms with E-state index in [4.69, 9.17) is 4.74 Å². The first-order valence-electron chi connectivity index (χ1n) is 5.59. The Hall–Kier alpha value is -0.370. The van der Waals surface area contributed by atoms with E-state index in [2.05, 4.69) is 20.8 Å². The highest BCUT2D eigenvalue weighted by Gasteiger charge is 2.22. The SMILES string of the molecule is CC(C)(C)CCC(=O)C1CCOCC1. The van der Waals surface area contributed by atoms with Crippen LogP contribution in [0, 0.1) is 11.3 Å². The number of ether oxygens (including phenoxy) is 1. The molecule has 1 heterocycles. The Labute approximate surface area is 87.0 Å². The van der Waals surface area contributed by atoms with Crippen molar-refractivity contribution in [1.29, 1.82) is 0 Å². The van der Waals surface area contributed by atoms with Gasteiger partial charge in [0.1, 0.15) is 5.78 Å². The maximum Gasteiger partial charge on any atom is 0.136 e. The summed E-state index contributed by atoms with van der Waals surface area (Å²) in [4.78, 5) is 11.8. The van der Waals surface area contributed by atoms with E-state index in [1.165, 1.54) is 0 Å². The molecule has 1 fully saturated rings. The third kappa shape index (κ3) is 4.23. The molecule has 0 unspecified atom stereocenters. The molecule has 0 aromatic carbocycles. The van der Waals surface area contributed by atoms with E-state index < -0.39 is 0 Å². The molecule has 1 aliphatic rings. The van der Waals surface area contributed by atoms with Gasteiger partial charge in [0.2, 0.25) is 0 Å². The van der Waals surface area contributed by atoms with Crippen molar-refractivity contribution in [3.8, 4) is 0 Å². The Morgan fingerprint density at radius 2 is 1.86 bits per heavy atom. The maximum absolute atomic E-state index is 11.8. The van der Waals surface area contributed by atoms with Crippen LogP contribution in [0.4, 0.5) is 0 Å². The Morgan fingerprint density at radius 1 is 1.29 bits per heavy atom. The molecule has 0 aromatic heterocycles. The van der Waals surface area contributed by atoms with Crippen molar-refractivity contribution >= 4 is 5.78 Å². The predicted molar refractivity (Wildman–Crippen MR) is 57.2 cm³/mol. The summed E-state index contributed by atoms with van der Waals surface area (Å²) in [7, 11) is 0. The number of hydrogen-bond acceptors (Lipinski definition) is 2. The summed E-state index contributed by atoms with van der Waals surface area (Å²) in [5.74, 6) is 0.731. The molecule has 0 N–H and O–H groups in total. The van der Waals surface area contributed by atoms with E-state index >= 15 is 0 Å². The molecule has 0 aromatic rings. The monoisotopic (exact) mass is 198 g/mol. The molecule has 1 aliphatic heterocycles. The summed E-state index contributed by atoms with van der Waals surface area (Å²) in [5, 5.41) is 0. The Morgan fingerprint density at radius 3 is 2.36 bits per heavy atom. The second-order valence-electron chi connectivity index (χ2n) is 5.41. The minimum absolute atomic E-state index is 0.279. The molecule has 0 aliphatic carbocycles. The van der Waals surface area contributed by atoms with Crippen molar-refractivity contribution in [2.45, 2.75) is 46.5 Å². The molecule has 0 atom stereocenters. The summed E-state index contributed by atoms with van der Waals surface area (Å²) in [6, 6.07) is 0. The molecule has 1 rings (SSSR count). The van der Waals surface area contributed by atoms with E-state index in [9.17, 15) is 4.79 Å². The van der Waals surface area contributed by atoms with Gasteiger partial charge in [0.25, 0.3) is 0 Å². The van der Waals surface area contributed by atoms with Gasteiger partial charge in [-0.2, -0.15) is 0 Å². The van der Waals surface area contributed by atoms with Gasteiger partial charge in [0.15, 0.2) is 0 Å². The Bertz CT molecular complexity index is 185. The standard InChI is InChI=1S/C12H22O2/c1-12(2,3)7-4-11(13)10-5-8-14-9-6-10/h10H,4-9H2,1-3H3. The van der Waals surface area contributed by atoms with Gasteiger partial charge in [0.05, 0.1) is 0 Å². The van der Waals surface area contributed by atoms with Crippen molar-refractivity contribution in [2.75, 3.05) is 13.2 Å². The van der Waals surface area contributed by atoms with Crippen LogP contribution in [0.3, 0.4) is 0 Å². The van der Waals surface area contributed by atoms with Crippen LogP contribution in [0.5, 0.6) is 0 Å². The zero-order valence-electron chi connectivity index (χ0n) is 9.64. The molecule has 0 amide bonds. The lowest BCUT2D eigenvalue weighted by molar-refractivity contribution is -0.126. The van der Waals surface area contributed by atoms with Crippen LogP contribution in [-0.2, 0) is 9.53 Å². The van der Waals surface area contributed by atoms with E-state index in [1.54, 1.807) is 0 Å². The Balaban J connectivity index is 2.27. The third-order valence-electron chi connectivity index (χ3n) is 2.80. The minimum atomic E-state index is 0.279. The van der Waals surface area contributed by atoms with Crippen LogP contribution in [0.2, 0.25) is 0 Å². The number of carbonyl (C=O) groups excluding carboxylic acids is 1. The van der Waals surface area contributed by atoms with Crippen molar-refractivity contribution in [1.82, 2.24) is 0 Å². The lowest BCUT2D eigenvalue weighted by atomic mass is 9.85. The van der Waals surface area contributed by atoms with Crippen molar-refractivity contribution in [3.63, 3.8) is 0 Å². The molecular formula is C12H22O2. The smallest absolute Gasteiger partial charge is 0.136 e. The van der Waals surface area contributed by atoms with Gasteiger partial charge in [-0.15, -0.1) is 0 Å². The van der Waals surface area contributed by atoms with E-state index in [-0.39, 0.29) is 11.3 Å².